The van der Waals surface area contributed by atoms with Crippen LogP contribution in [-0.4, -0.2) is 22.8 Å². The first-order chi connectivity index (χ1) is 12.9. The van der Waals surface area contributed by atoms with E-state index in [2.05, 4.69) is 9.88 Å². The van der Waals surface area contributed by atoms with E-state index in [-0.39, 0.29) is 11.7 Å². The van der Waals surface area contributed by atoms with Gasteiger partial charge in [-0.1, -0.05) is 24.3 Å². The summed E-state index contributed by atoms with van der Waals surface area (Å²) in [5.74, 6) is -0.299. The van der Waals surface area contributed by atoms with Crippen LogP contribution in [-0.2, 0) is 17.9 Å². The van der Waals surface area contributed by atoms with Crippen LogP contribution in [0, 0.1) is 12.7 Å². The van der Waals surface area contributed by atoms with Gasteiger partial charge >= 0.3 is 0 Å². The van der Waals surface area contributed by atoms with Crippen molar-refractivity contribution in [3.05, 3.63) is 76.5 Å². The molecule has 2 aromatic carbocycles. The molecule has 3 aromatic rings. The van der Waals surface area contributed by atoms with E-state index in [1.807, 2.05) is 43.6 Å². The highest BCUT2D eigenvalue weighted by molar-refractivity contribution is 7.14. The van der Waals surface area contributed by atoms with Crippen LogP contribution in [0.1, 0.15) is 23.7 Å². The number of rotatable bonds is 6. The Kier molecular flexibility index (Phi) is 5.98. The van der Waals surface area contributed by atoms with Crippen LogP contribution < -0.4 is 4.90 Å². The van der Waals surface area contributed by atoms with Gasteiger partial charge in [-0.2, -0.15) is 0 Å². The molecule has 0 radical (unpaired) electrons. The summed E-state index contributed by atoms with van der Waals surface area (Å²) in [7, 11) is 1.99. The molecule has 0 fully saturated rings. The van der Waals surface area contributed by atoms with Crippen molar-refractivity contribution in [2.75, 3.05) is 11.9 Å². The summed E-state index contributed by atoms with van der Waals surface area (Å²) in [6, 6.07) is 14.3. The van der Waals surface area contributed by atoms with Crippen molar-refractivity contribution >= 4 is 28.1 Å². The number of hydrogen-bond acceptors (Lipinski definition) is 4. The summed E-state index contributed by atoms with van der Waals surface area (Å²) < 4.78 is 13.0. The monoisotopic (exact) mass is 383 g/mol. The number of thiazole rings is 1. The zero-order valence-electron chi connectivity index (χ0n) is 15.6. The van der Waals surface area contributed by atoms with E-state index < -0.39 is 0 Å². The lowest BCUT2D eigenvalue weighted by molar-refractivity contribution is -0.115. The molecule has 0 aliphatic heterocycles. The third-order valence-electron chi connectivity index (χ3n) is 4.10. The first-order valence-electron chi connectivity index (χ1n) is 8.67. The summed E-state index contributed by atoms with van der Waals surface area (Å²) >= 11 is 1.45. The Labute approximate surface area is 162 Å². The lowest BCUT2D eigenvalue weighted by Crippen LogP contribution is -2.23. The van der Waals surface area contributed by atoms with Gasteiger partial charge < -0.3 is 0 Å². The predicted molar refractivity (Wildman–Crippen MR) is 108 cm³/mol. The highest BCUT2D eigenvalue weighted by atomic mass is 32.1. The molecular weight excluding hydrogens is 361 g/mol. The minimum Gasteiger partial charge on any atom is -0.296 e. The smallest absolute Gasteiger partial charge is 0.230 e. The standard InChI is InChI=1S/C21H22FN3OS/c1-15-5-4-6-20(11-15)25(16(2)26)21-23-19(14-27-21)13-24(3)12-17-7-9-18(22)10-8-17/h4-11,14H,12-13H2,1-3H3. The third kappa shape index (κ3) is 4.99. The van der Waals surface area contributed by atoms with E-state index in [1.54, 1.807) is 24.0 Å². The van der Waals surface area contributed by atoms with Crippen molar-refractivity contribution < 1.29 is 9.18 Å². The minimum absolute atomic E-state index is 0.0684. The van der Waals surface area contributed by atoms with Gasteiger partial charge in [0.15, 0.2) is 5.13 Å². The molecule has 140 valence electrons. The Morgan fingerprint density at radius 3 is 2.56 bits per heavy atom. The molecule has 1 heterocycles. The normalized spacial score (nSPS) is 11.0. The van der Waals surface area contributed by atoms with Crippen LogP contribution >= 0.6 is 11.3 Å². The van der Waals surface area contributed by atoms with Gasteiger partial charge in [0.1, 0.15) is 5.82 Å². The zero-order chi connectivity index (χ0) is 19.4. The van der Waals surface area contributed by atoms with Crippen molar-refractivity contribution in [1.82, 2.24) is 9.88 Å². The van der Waals surface area contributed by atoms with Crippen LogP contribution in [0.15, 0.2) is 53.9 Å². The van der Waals surface area contributed by atoms with E-state index in [1.165, 1.54) is 23.5 Å². The van der Waals surface area contributed by atoms with Crippen molar-refractivity contribution in [3.63, 3.8) is 0 Å². The topological polar surface area (TPSA) is 36.4 Å². The zero-order valence-corrected chi connectivity index (χ0v) is 16.5. The highest BCUT2D eigenvalue weighted by Gasteiger charge is 2.18. The first kappa shape index (κ1) is 19.2. The lowest BCUT2D eigenvalue weighted by Gasteiger charge is -2.19. The predicted octanol–water partition coefficient (Wildman–Crippen LogP) is 4.91. The van der Waals surface area contributed by atoms with E-state index >= 15 is 0 Å². The van der Waals surface area contributed by atoms with Crippen molar-refractivity contribution in [1.29, 1.82) is 0 Å². The van der Waals surface area contributed by atoms with E-state index in [4.69, 9.17) is 0 Å². The fourth-order valence-corrected chi connectivity index (χ4v) is 3.78. The maximum atomic E-state index is 13.0. The van der Waals surface area contributed by atoms with Gasteiger partial charge in [0.05, 0.1) is 11.4 Å². The molecule has 1 aromatic heterocycles. The maximum Gasteiger partial charge on any atom is 0.230 e. The quantitative estimate of drug-likeness (QED) is 0.607. The Bertz CT molecular complexity index is 923. The number of halogens is 1. The Morgan fingerprint density at radius 2 is 1.89 bits per heavy atom. The number of aromatic nitrogens is 1. The maximum absolute atomic E-state index is 13.0. The molecule has 0 aliphatic carbocycles. The van der Waals surface area contributed by atoms with E-state index in [0.717, 1.165) is 22.5 Å². The summed E-state index contributed by atoms with van der Waals surface area (Å²) in [6.45, 7) is 4.89. The molecule has 4 nitrogen and oxygen atoms in total. The Balaban J connectivity index is 1.72. The second kappa shape index (κ2) is 8.41. The minimum atomic E-state index is -0.231. The van der Waals surface area contributed by atoms with Gasteiger partial charge in [-0.25, -0.2) is 9.37 Å². The summed E-state index contributed by atoms with van der Waals surface area (Å²) in [6.07, 6.45) is 0. The molecule has 0 bridgehead atoms. The first-order valence-corrected chi connectivity index (χ1v) is 9.55. The number of carbonyl (C=O) groups excluding carboxylic acids is 1. The number of nitrogens with zero attached hydrogens (tertiary/aromatic N) is 3. The molecule has 27 heavy (non-hydrogen) atoms. The molecule has 0 unspecified atom stereocenters. The molecule has 0 saturated heterocycles. The van der Waals surface area contributed by atoms with Crippen LogP contribution in [0.5, 0.6) is 0 Å². The Morgan fingerprint density at radius 1 is 1.15 bits per heavy atom. The van der Waals surface area contributed by atoms with Crippen LogP contribution in [0.3, 0.4) is 0 Å². The summed E-state index contributed by atoms with van der Waals surface area (Å²) in [5, 5.41) is 2.64. The fraction of sp³-hybridized carbons (Fsp3) is 0.238. The summed E-state index contributed by atoms with van der Waals surface area (Å²) in [4.78, 5) is 20.6. The third-order valence-corrected chi connectivity index (χ3v) is 4.98. The van der Waals surface area contributed by atoms with Gasteiger partial charge in [0.25, 0.3) is 0 Å². The van der Waals surface area contributed by atoms with Gasteiger partial charge in [0.2, 0.25) is 5.91 Å². The average molecular weight is 383 g/mol. The molecule has 6 heteroatoms. The van der Waals surface area contributed by atoms with Gasteiger partial charge in [0, 0.05) is 25.4 Å². The largest absolute Gasteiger partial charge is 0.296 e. The van der Waals surface area contributed by atoms with Gasteiger partial charge in [-0.15, -0.1) is 11.3 Å². The molecule has 0 spiro atoms. The van der Waals surface area contributed by atoms with Crippen molar-refractivity contribution in [2.24, 2.45) is 0 Å². The number of anilines is 2. The second-order valence-electron chi connectivity index (χ2n) is 6.61. The number of carbonyl (C=O) groups is 1. The van der Waals surface area contributed by atoms with E-state index in [0.29, 0.717) is 18.2 Å². The molecule has 0 aliphatic rings. The fourth-order valence-electron chi connectivity index (χ4n) is 2.90. The molecule has 0 N–H and O–H groups in total. The molecule has 1 amide bonds. The Hall–Kier alpha value is -2.57. The second-order valence-corrected chi connectivity index (χ2v) is 7.45. The molecule has 3 rings (SSSR count). The van der Waals surface area contributed by atoms with Gasteiger partial charge in [-0.3, -0.25) is 14.6 Å². The number of hydrogen-bond donors (Lipinski definition) is 0. The van der Waals surface area contributed by atoms with E-state index in [9.17, 15) is 9.18 Å². The van der Waals surface area contributed by atoms with Crippen molar-refractivity contribution in [3.8, 4) is 0 Å². The van der Waals surface area contributed by atoms with Gasteiger partial charge in [-0.05, 0) is 49.4 Å². The molecular formula is C21H22FN3OS. The SMILES string of the molecule is CC(=O)N(c1cccc(C)c1)c1nc(CN(C)Cc2ccc(F)cc2)cs1. The van der Waals surface area contributed by atoms with Crippen LogP contribution in [0.25, 0.3) is 0 Å². The number of aryl methyl sites for hydroxylation is 1. The number of benzene rings is 2. The van der Waals surface area contributed by atoms with Crippen LogP contribution in [0.4, 0.5) is 15.2 Å². The highest BCUT2D eigenvalue weighted by Crippen LogP contribution is 2.29. The van der Waals surface area contributed by atoms with Crippen LogP contribution in [0.2, 0.25) is 0 Å². The van der Waals surface area contributed by atoms with Crippen molar-refractivity contribution in [2.45, 2.75) is 26.9 Å². The summed E-state index contributed by atoms with van der Waals surface area (Å²) in [5.41, 5.74) is 3.86. The lowest BCUT2D eigenvalue weighted by atomic mass is 10.2. The molecule has 0 atom stereocenters. The molecule has 0 saturated carbocycles. The average Bonchev–Trinajstić information content (AvgIpc) is 3.04. The number of amides is 1.